The topological polar surface area (TPSA) is 35.8 Å². The highest BCUT2D eigenvalue weighted by molar-refractivity contribution is 7.98. The van der Waals surface area contributed by atoms with E-state index in [9.17, 15) is 0 Å². The van der Waals surface area contributed by atoms with Gasteiger partial charge in [0.25, 0.3) is 0 Å². The maximum absolute atomic E-state index is 8.46. The minimum absolute atomic E-state index is 0.0145. The fourth-order valence-corrected chi connectivity index (χ4v) is 1.45. The molecule has 0 aromatic rings. The Morgan fingerprint density at radius 1 is 1.55 bits per heavy atom. The Balaban J connectivity index is 3.31. The SMILES string of the molecule is CSCC(C)CNC(C)C#N. The summed E-state index contributed by atoms with van der Waals surface area (Å²) in [6.07, 6.45) is 2.10. The van der Waals surface area contributed by atoms with Gasteiger partial charge in [0.05, 0.1) is 12.1 Å². The van der Waals surface area contributed by atoms with E-state index in [0.717, 1.165) is 12.3 Å². The minimum Gasteiger partial charge on any atom is -0.302 e. The number of rotatable bonds is 5. The molecule has 0 aromatic carbocycles. The van der Waals surface area contributed by atoms with Crippen LogP contribution < -0.4 is 5.32 Å². The molecule has 0 rings (SSSR count). The molecule has 2 nitrogen and oxygen atoms in total. The maximum atomic E-state index is 8.46. The van der Waals surface area contributed by atoms with Gasteiger partial charge in [0.2, 0.25) is 0 Å². The van der Waals surface area contributed by atoms with Crippen LogP contribution >= 0.6 is 11.8 Å². The number of nitrogens with one attached hydrogen (secondary N) is 1. The largest absolute Gasteiger partial charge is 0.302 e. The third-order valence-electron chi connectivity index (χ3n) is 1.42. The van der Waals surface area contributed by atoms with Crippen molar-refractivity contribution in [1.82, 2.24) is 5.32 Å². The summed E-state index contributed by atoms with van der Waals surface area (Å²) in [5.74, 6) is 1.81. The molecule has 0 heterocycles. The van der Waals surface area contributed by atoms with Crippen molar-refractivity contribution in [3.8, 4) is 6.07 Å². The molecule has 1 N–H and O–H groups in total. The molecule has 0 saturated carbocycles. The number of thioether (sulfide) groups is 1. The van der Waals surface area contributed by atoms with Gasteiger partial charge in [-0.05, 0) is 31.4 Å². The Bertz CT molecular complexity index is 131. The van der Waals surface area contributed by atoms with E-state index in [1.165, 1.54) is 0 Å². The average Bonchev–Trinajstić information content (AvgIpc) is 2.01. The molecule has 0 saturated heterocycles. The molecule has 0 bridgehead atoms. The predicted octanol–water partition coefficient (Wildman–Crippen LogP) is 1.49. The van der Waals surface area contributed by atoms with E-state index in [-0.39, 0.29) is 6.04 Å². The molecule has 2 unspecified atom stereocenters. The zero-order chi connectivity index (χ0) is 8.69. The normalized spacial score (nSPS) is 15.5. The molecule has 11 heavy (non-hydrogen) atoms. The van der Waals surface area contributed by atoms with E-state index >= 15 is 0 Å². The Hall–Kier alpha value is -0.200. The number of nitrogens with zero attached hydrogens (tertiary/aromatic N) is 1. The molecule has 0 aliphatic carbocycles. The summed E-state index contributed by atoms with van der Waals surface area (Å²) in [4.78, 5) is 0. The second-order valence-electron chi connectivity index (χ2n) is 2.82. The van der Waals surface area contributed by atoms with E-state index in [4.69, 9.17) is 5.26 Å². The first-order valence-electron chi connectivity index (χ1n) is 3.82. The Labute approximate surface area is 73.4 Å². The Kier molecular flexibility index (Phi) is 6.39. The molecule has 0 amide bonds. The third-order valence-corrected chi connectivity index (χ3v) is 2.32. The minimum atomic E-state index is -0.0145. The van der Waals surface area contributed by atoms with Gasteiger partial charge >= 0.3 is 0 Å². The molecule has 64 valence electrons. The first kappa shape index (κ1) is 10.8. The Morgan fingerprint density at radius 3 is 2.64 bits per heavy atom. The lowest BCUT2D eigenvalue weighted by Gasteiger charge is -2.11. The van der Waals surface area contributed by atoms with Crippen LogP contribution in [0.2, 0.25) is 0 Å². The highest BCUT2D eigenvalue weighted by Crippen LogP contribution is 2.02. The van der Waals surface area contributed by atoms with Crippen LogP contribution in [0.4, 0.5) is 0 Å². The second kappa shape index (κ2) is 6.51. The van der Waals surface area contributed by atoms with Crippen molar-refractivity contribution in [3.63, 3.8) is 0 Å². The van der Waals surface area contributed by atoms with E-state index in [1.54, 1.807) is 0 Å². The van der Waals surface area contributed by atoms with Gasteiger partial charge in [-0.2, -0.15) is 17.0 Å². The highest BCUT2D eigenvalue weighted by atomic mass is 32.2. The first-order chi connectivity index (χ1) is 5.20. The van der Waals surface area contributed by atoms with Crippen molar-refractivity contribution in [3.05, 3.63) is 0 Å². The van der Waals surface area contributed by atoms with Crippen molar-refractivity contribution < 1.29 is 0 Å². The van der Waals surface area contributed by atoms with Crippen LogP contribution in [0.25, 0.3) is 0 Å². The van der Waals surface area contributed by atoms with Gasteiger partial charge in [0.1, 0.15) is 0 Å². The molecule has 0 aliphatic rings. The van der Waals surface area contributed by atoms with Crippen molar-refractivity contribution in [2.24, 2.45) is 5.92 Å². The summed E-state index contributed by atoms with van der Waals surface area (Å²) in [5, 5.41) is 11.6. The summed E-state index contributed by atoms with van der Waals surface area (Å²) >= 11 is 1.85. The number of hydrogen-bond acceptors (Lipinski definition) is 3. The van der Waals surface area contributed by atoms with Gasteiger partial charge in [0.15, 0.2) is 0 Å². The summed E-state index contributed by atoms with van der Waals surface area (Å²) in [7, 11) is 0. The summed E-state index contributed by atoms with van der Waals surface area (Å²) in [6.45, 7) is 5.01. The summed E-state index contributed by atoms with van der Waals surface area (Å²) < 4.78 is 0. The van der Waals surface area contributed by atoms with Gasteiger partial charge in [-0.15, -0.1) is 0 Å². The van der Waals surface area contributed by atoms with Crippen LogP contribution in [0, 0.1) is 17.2 Å². The number of nitriles is 1. The average molecular weight is 172 g/mol. The molecule has 0 fully saturated rings. The molecule has 0 aliphatic heterocycles. The quantitative estimate of drug-likeness (QED) is 0.682. The van der Waals surface area contributed by atoms with Crippen LogP contribution in [0.1, 0.15) is 13.8 Å². The van der Waals surface area contributed by atoms with E-state index in [1.807, 2.05) is 18.7 Å². The standard InChI is InChI=1S/C8H16N2S/c1-7(6-11-3)5-10-8(2)4-9/h7-8,10H,5-6H2,1-3H3. The van der Waals surface area contributed by atoms with Gasteiger partial charge in [0, 0.05) is 0 Å². The van der Waals surface area contributed by atoms with E-state index in [0.29, 0.717) is 5.92 Å². The predicted molar refractivity (Wildman–Crippen MR) is 50.6 cm³/mol. The summed E-state index contributed by atoms with van der Waals surface area (Å²) in [5.41, 5.74) is 0. The monoisotopic (exact) mass is 172 g/mol. The molecule has 2 atom stereocenters. The highest BCUT2D eigenvalue weighted by Gasteiger charge is 2.02. The fourth-order valence-electron chi connectivity index (χ4n) is 0.767. The first-order valence-corrected chi connectivity index (χ1v) is 5.22. The van der Waals surface area contributed by atoms with Gasteiger partial charge in [-0.3, -0.25) is 0 Å². The maximum Gasteiger partial charge on any atom is 0.0924 e. The smallest absolute Gasteiger partial charge is 0.0924 e. The van der Waals surface area contributed by atoms with E-state index < -0.39 is 0 Å². The fraction of sp³-hybridized carbons (Fsp3) is 0.875. The van der Waals surface area contributed by atoms with Crippen molar-refractivity contribution in [2.45, 2.75) is 19.9 Å². The number of hydrogen-bond donors (Lipinski definition) is 1. The van der Waals surface area contributed by atoms with Gasteiger partial charge < -0.3 is 5.32 Å². The summed E-state index contributed by atoms with van der Waals surface area (Å²) in [6, 6.07) is 2.13. The van der Waals surface area contributed by atoms with Crippen molar-refractivity contribution in [2.75, 3.05) is 18.6 Å². The van der Waals surface area contributed by atoms with Crippen LogP contribution in [0.15, 0.2) is 0 Å². The van der Waals surface area contributed by atoms with E-state index in [2.05, 4.69) is 24.6 Å². The molecular weight excluding hydrogens is 156 g/mol. The van der Waals surface area contributed by atoms with Crippen molar-refractivity contribution in [1.29, 1.82) is 5.26 Å². The lowest BCUT2D eigenvalue weighted by atomic mass is 10.2. The van der Waals surface area contributed by atoms with Gasteiger partial charge in [-0.25, -0.2) is 0 Å². The second-order valence-corrected chi connectivity index (χ2v) is 3.73. The lowest BCUT2D eigenvalue weighted by Crippen LogP contribution is -2.29. The molecule has 0 spiro atoms. The van der Waals surface area contributed by atoms with Crippen LogP contribution in [-0.2, 0) is 0 Å². The van der Waals surface area contributed by atoms with Crippen LogP contribution in [0.5, 0.6) is 0 Å². The van der Waals surface area contributed by atoms with Gasteiger partial charge in [-0.1, -0.05) is 6.92 Å². The van der Waals surface area contributed by atoms with Crippen LogP contribution in [-0.4, -0.2) is 24.6 Å². The molecular formula is C8H16N2S. The third kappa shape index (κ3) is 6.21. The molecule has 0 aromatic heterocycles. The van der Waals surface area contributed by atoms with Crippen molar-refractivity contribution >= 4 is 11.8 Å². The zero-order valence-corrected chi connectivity index (χ0v) is 8.24. The molecule has 0 radical (unpaired) electrons. The zero-order valence-electron chi connectivity index (χ0n) is 7.42. The Morgan fingerprint density at radius 2 is 2.18 bits per heavy atom. The molecule has 3 heteroatoms. The van der Waals surface area contributed by atoms with Crippen LogP contribution in [0.3, 0.4) is 0 Å². The lowest BCUT2D eigenvalue weighted by molar-refractivity contribution is 0.538.